The molecule has 0 aliphatic heterocycles. The van der Waals surface area contributed by atoms with Gasteiger partial charge in [-0.25, -0.2) is 0 Å². The van der Waals surface area contributed by atoms with Gasteiger partial charge in [-0.15, -0.1) is 0 Å². The van der Waals surface area contributed by atoms with Gasteiger partial charge in [-0.3, -0.25) is 9.59 Å². The van der Waals surface area contributed by atoms with Gasteiger partial charge in [0.15, 0.2) is 0 Å². The number of hydrogen-bond acceptors (Lipinski definition) is 4. The molecule has 0 saturated carbocycles. The van der Waals surface area contributed by atoms with Crippen LogP contribution in [-0.2, 0) is 9.59 Å². The van der Waals surface area contributed by atoms with E-state index in [0.717, 1.165) is 0 Å². The number of carboxylic acid groups (broad SMARTS) is 1. The molecule has 0 aliphatic rings. The van der Waals surface area contributed by atoms with Crippen LogP contribution in [-0.4, -0.2) is 46.5 Å². The molecule has 6 nitrogen and oxygen atoms in total. The van der Waals surface area contributed by atoms with Gasteiger partial charge in [0.05, 0.1) is 13.0 Å². The Labute approximate surface area is 118 Å². The zero-order chi connectivity index (χ0) is 12.1. The van der Waals surface area contributed by atoms with Crippen molar-refractivity contribution in [1.82, 2.24) is 5.32 Å². The molecule has 0 radical (unpaired) electrons. The minimum absolute atomic E-state index is 0. The normalized spacial score (nSPS) is 12.5. The first-order valence-corrected chi connectivity index (χ1v) is 4.59. The molecule has 0 fully saturated rings. The molecule has 0 aromatic heterocycles. The number of carbonyl (C=O) groups is 2. The fourth-order valence-electron chi connectivity index (χ4n) is 0.831. The fraction of sp³-hybridized carbons (Fsp3) is 0.778. The number of carboxylic acids is 1. The Morgan fingerprint density at radius 2 is 1.94 bits per heavy atom. The molecule has 0 aromatic carbocycles. The molecule has 1 atom stereocenters. The minimum atomic E-state index is -1.35. The van der Waals surface area contributed by atoms with Crippen LogP contribution >= 0.6 is 0 Å². The van der Waals surface area contributed by atoms with E-state index in [2.05, 4.69) is 5.32 Å². The molecule has 0 bridgehead atoms. The summed E-state index contributed by atoms with van der Waals surface area (Å²) in [6.07, 6.45) is -1.55. The van der Waals surface area contributed by atoms with E-state index in [1.807, 2.05) is 0 Å². The van der Waals surface area contributed by atoms with Crippen molar-refractivity contribution < 1.29 is 55.9 Å². The van der Waals surface area contributed by atoms with Gasteiger partial charge in [0.2, 0.25) is 5.91 Å². The van der Waals surface area contributed by atoms with Crippen molar-refractivity contribution in [3.8, 4) is 0 Å². The number of nitrogens with one attached hydrogen (secondary N) is 1. The van der Waals surface area contributed by atoms with E-state index >= 15 is 0 Å². The molecule has 1 unspecified atom stereocenters. The molecule has 0 heterocycles. The van der Waals surface area contributed by atoms with E-state index in [4.69, 9.17) is 10.2 Å². The second-order valence-corrected chi connectivity index (χ2v) is 3.98. The summed E-state index contributed by atoms with van der Waals surface area (Å²) < 4.78 is 0. The molecule has 0 saturated heterocycles. The zero-order valence-electron chi connectivity index (χ0n) is 10.9. The first-order chi connectivity index (χ1) is 6.81. The monoisotopic (exact) mass is 243 g/mol. The summed E-state index contributed by atoms with van der Waals surface area (Å²) in [5, 5.41) is 29.0. The van der Waals surface area contributed by atoms with Crippen LogP contribution in [0.25, 0.3) is 0 Å². The standard InChI is InChI=1S/C9H17NO5.Na.H/c1-9(2,5-11)7(14)8(15)10-4-3-6(12)13;;/h7,11,14H,3-5H2,1-2H3,(H,10,15)(H,12,13);;/q;+1;-1. The number of aliphatic hydroxyl groups is 2. The van der Waals surface area contributed by atoms with Crippen LogP contribution in [0.3, 0.4) is 0 Å². The van der Waals surface area contributed by atoms with Crippen molar-refractivity contribution in [2.45, 2.75) is 26.4 Å². The third-order valence-corrected chi connectivity index (χ3v) is 2.03. The number of hydrogen-bond donors (Lipinski definition) is 4. The Balaban J connectivity index is -0.000000980. The number of amides is 1. The van der Waals surface area contributed by atoms with Crippen LogP contribution in [0.4, 0.5) is 0 Å². The third kappa shape index (κ3) is 6.44. The van der Waals surface area contributed by atoms with Crippen molar-refractivity contribution in [2.75, 3.05) is 13.2 Å². The number of aliphatic hydroxyl groups excluding tert-OH is 2. The van der Waals surface area contributed by atoms with E-state index in [0.29, 0.717) is 0 Å². The van der Waals surface area contributed by atoms with Crippen LogP contribution in [0.1, 0.15) is 21.7 Å². The average Bonchev–Trinajstić information content (AvgIpc) is 2.15. The Hall–Kier alpha value is -0.140. The van der Waals surface area contributed by atoms with Gasteiger partial charge < -0.3 is 22.1 Å². The van der Waals surface area contributed by atoms with Crippen molar-refractivity contribution in [2.24, 2.45) is 5.41 Å². The molecular weight excluding hydrogens is 225 g/mol. The summed E-state index contributed by atoms with van der Waals surface area (Å²) in [6, 6.07) is 0. The average molecular weight is 243 g/mol. The summed E-state index contributed by atoms with van der Waals surface area (Å²) in [7, 11) is 0. The van der Waals surface area contributed by atoms with Crippen LogP contribution < -0.4 is 34.9 Å². The summed E-state index contributed by atoms with van der Waals surface area (Å²) in [5.41, 5.74) is -0.937. The van der Waals surface area contributed by atoms with Gasteiger partial charge in [0.1, 0.15) is 6.10 Å². The molecule has 90 valence electrons. The summed E-state index contributed by atoms with van der Waals surface area (Å²) >= 11 is 0. The molecule has 0 aromatic rings. The first kappa shape index (κ1) is 18.2. The molecule has 0 rings (SSSR count). The first-order valence-electron chi connectivity index (χ1n) is 4.59. The molecular formula is C9H18NNaO5. The van der Waals surface area contributed by atoms with E-state index in [9.17, 15) is 14.7 Å². The van der Waals surface area contributed by atoms with Crippen LogP contribution in [0.5, 0.6) is 0 Å². The summed E-state index contributed by atoms with van der Waals surface area (Å²) in [6.45, 7) is 2.70. The Bertz CT molecular complexity index is 250. The Morgan fingerprint density at radius 3 is 2.31 bits per heavy atom. The maximum atomic E-state index is 11.3. The molecule has 16 heavy (non-hydrogen) atoms. The van der Waals surface area contributed by atoms with E-state index in [1.165, 1.54) is 13.8 Å². The second-order valence-electron chi connectivity index (χ2n) is 3.98. The van der Waals surface area contributed by atoms with Crippen molar-refractivity contribution in [3.63, 3.8) is 0 Å². The van der Waals surface area contributed by atoms with Gasteiger partial charge >= 0.3 is 35.5 Å². The minimum Gasteiger partial charge on any atom is -1.00 e. The number of aliphatic carboxylic acids is 1. The van der Waals surface area contributed by atoms with Crippen LogP contribution in [0.2, 0.25) is 0 Å². The molecule has 7 heteroatoms. The van der Waals surface area contributed by atoms with Crippen molar-refractivity contribution >= 4 is 11.9 Å². The predicted molar refractivity (Wildman–Crippen MR) is 53.2 cm³/mol. The van der Waals surface area contributed by atoms with E-state index < -0.39 is 23.4 Å². The second kappa shape index (κ2) is 8.03. The maximum absolute atomic E-state index is 11.3. The summed E-state index contributed by atoms with van der Waals surface area (Å²) in [5.74, 6) is -1.69. The van der Waals surface area contributed by atoms with E-state index in [1.54, 1.807) is 0 Å². The smallest absolute Gasteiger partial charge is 1.00 e. The Morgan fingerprint density at radius 1 is 1.44 bits per heavy atom. The molecule has 0 aliphatic carbocycles. The maximum Gasteiger partial charge on any atom is 1.00 e. The number of carbonyl (C=O) groups excluding carboxylic acids is 1. The van der Waals surface area contributed by atoms with Crippen LogP contribution in [0, 0.1) is 5.41 Å². The van der Waals surface area contributed by atoms with Gasteiger partial charge in [0.25, 0.3) is 0 Å². The van der Waals surface area contributed by atoms with Gasteiger partial charge in [-0.2, -0.15) is 0 Å². The van der Waals surface area contributed by atoms with Gasteiger partial charge in [0, 0.05) is 12.0 Å². The van der Waals surface area contributed by atoms with Crippen molar-refractivity contribution in [1.29, 1.82) is 0 Å². The largest absolute Gasteiger partial charge is 1.00 e. The van der Waals surface area contributed by atoms with Crippen molar-refractivity contribution in [3.05, 3.63) is 0 Å². The fourth-order valence-corrected chi connectivity index (χ4v) is 0.831. The molecule has 4 N–H and O–H groups in total. The number of rotatable bonds is 6. The SMILES string of the molecule is CC(C)(CO)C(O)C(=O)NCCC(=O)O.[H-].[Na+]. The topological polar surface area (TPSA) is 107 Å². The summed E-state index contributed by atoms with van der Waals surface area (Å²) in [4.78, 5) is 21.4. The van der Waals surface area contributed by atoms with Gasteiger partial charge in [-0.1, -0.05) is 13.8 Å². The zero-order valence-corrected chi connectivity index (χ0v) is 11.9. The molecule has 1 amide bonds. The molecule has 0 spiro atoms. The van der Waals surface area contributed by atoms with Gasteiger partial charge in [-0.05, 0) is 0 Å². The van der Waals surface area contributed by atoms with Crippen LogP contribution in [0.15, 0.2) is 0 Å². The quantitative estimate of drug-likeness (QED) is 0.356. The van der Waals surface area contributed by atoms with E-state index in [-0.39, 0.29) is 50.6 Å². The Kier molecular flexibility index (Phi) is 9.14. The predicted octanol–water partition coefficient (Wildman–Crippen LogP) is -3.93. The third-order valence-electron chi connectivity index (χ3n) is 2.03.